The number of carboxylic acid groups (broad SMARTS) is 1. The molecule has 0 aliphatic heterocycles. The van der Waals surface area contributed by atoms with Gasteiger partial charge in [0, 0.05) is 23.8 Å². The van der Waals surface area contributed by atoms with Crippen molar-refractivity contribution in [3.05, 3.63) is 75.2 Å². The number of hydrogen-bond donors (Lipinski definition) is 3. The van der Waals surface area contributed by atoms with Gasteiger partial charge in [-0.3, -0.25) is 9.59 Å². The third-order valence-corrected chi connectivity index (χ3v) is 6.76. The molecule has 9 heteroatoms. The number of rotatable bonds is 8. The number of nitrogens with one attached hydrogen (secondary N) is 2. The molecule has 34 heavy (non-hydrogen) atoms. The lowest BCUT2D eigenvalue weighted by atomic mass is 9.98. The molecule has 3 aromatic rings. The molecule has 0 bridgehead atoms. The van der Waals surface area contributed by atoms with E-state index in [1.807, 2.05) is 24.3 Å². The molecule has 2 aromatic carbocycles. The summed E-state index contributed by atoms with van der Waals surface area (Å²) in [6, 6.07) is 15.3. The van der Waals surface area contributed by atoms with E-state index in [-0.39, 0.29) is 18.2 Å². The first-order valence-corrected chi connectivity index (χ1v) is 11.8. The molecule has 2 amide bonds. The fourth-order valence-corrected chi connectivity index (χ4v) is 4.95. The fraction of sp³-hybridized carbons (Fsp3) is 0.280. The lowest BCUT2D eigenvalue weighted by Gasteiger charge is -2.14. The van der Waals surface area contributed by atoms with Crippen molar-refractivity contribution in [1.29, 1.82) is 0 Å². The first-order valence-electron chi connectivity index (χ1n) is 10.9. The largest absolute Gasteiger partial charge is 0.480 e. The summed E-state index contributed by atoms with van der Waals surface area (Å²) in [5.74, 6) is -1.65. The van der Waals surface area contributed by atoms with E-state index in [0.717, 1.165) is 11.1 Å². The van der Waals surface area contributed by atoms with Gasteiger partial charge in [-0.2, -0.15) is 0 Å². The van der Waals surface area contributed by atoms with Crippen LogP contribution in [-0.4, -0.2) is 47.3 Å². The Labute approximate surface area is 201 Å². The maximum atomic E-state index is 12.3. The van der Waals surface area contributed by atoms with Gasteiger partial charge in [0.15, 0.2) is 0 Å². The normalized spacial score (nSPS) is 13.0. The maximum Gasteiger partial charge on any atom is 0.407 e. The van der Waals surface area contributed by atoms with Crippen LogP contribution < -0.4 is 10.6 Å². The molecule has 1 aromatic heterocycles. The van der Waals surface area contributed by atoms with E-state index in [0.29, 0.717) is 22.9 Å². The number of carbonyl (C=O) groups is 3. The van der Waals surface area contributed by atoms with Crippen LogP contribution in [0, 0.1) is 6.92 Å². The number of aryl methyl sites for hydroxylation is 1. The zero-order valence-electron chi connectivity index (χ0n) is 18.8. The monoisotopic (exact) mass is 479 g/mol. The van der Waals surface area contributed by atoms with Gasteiger partial charge in [0.25, 0.3) is 5.91 Å². The molecule has 1 aliphatic carbocycles. The number of aromatic nitrogens is 1. The van der Waals surface area contributed by atoms with Crippen LogP contribution in [-0.2, 0) is 16.0 Å². The minimum atomic E-state index is -1.12. The number of carbonyl (C=O) groups excluding carboxylic acids is 2. The standard InChI is InChI=1S/C25H25N3O5S/c1-14(24(30)31)27-23(29)22-15(2)34-21(28-22)11-12-26-25(32)33-13-20-18-9-5-3-7-16(18)17-8-4-6-10-19(17)20/h3-10,14,20H,11-13H2,1-2H3,(H,26,32)(H,27,29)(H,30,31). The summed E-state index contributed by atoms with van der Waals surface area (Å²) in [5.41, 5.74) is 4.84. The van der Waals surface area contributed by atoms with Crippen molar-refractivity contribution in [3.63, 3.8) is 0 Å². The maximum absolute atomic E-state index is 12.3. The number of nitrogens with zero attached hydrogens (tertiary/aromatic N) is 1. The number of benzene rings is 2. The second-order valence-electron chi connectivity index (χ2n) is 8.05. The number of fused-ring (bicyclic) bond motifs is 3. The van der Waals surface area contributed by atoms with E-state index in [9.17, 15) is 14.4 Å². The van der Waals surface area contributed by atoms with Crippen molar-refractivity contribution in [2.24, 2.45) is 0 Å². The molecule has 0 saturated carbocycles. The lowest BCUT2D eigenvalue weighted by molar-refractivity contribution is -0.138. The zero-order chi connectivity index (χ0) is 24.2. The summed E-state index contributed by atoms with van der Waals surface area (Å²) in [6.45, 7) is 3.68. The number of ether oxygens (including phenoxy) is 1. The van der Waals surface area contributed by atoms with Gasteiger partial charge in [0.05, 0.1) is 5.01 Å². The van der Waals surface area contributed by atoms with Gasteiger partial charge in [-0.15, -0.1) is 11.3 Å². The summed E-state index contributed by atoms with van der Waals surface area (Å²) in [7, 11) is 0. The van der Waals surface area contributed by atoms with Crippen molar-refractivity contribution < 1.29 is 24.2 Å². The summed E-state index contributed by atoms with van der Waals surface area (Å²) >= 11 is 1.34. The van der Waals surface area contributed by atoms with E-state index >= 15 is 0 Å². The molecule has 4 rings (SSSR count). The number of hydrogen-bond acceptors (Lipinski definition) is 6. The highest BCUT2D eigenvalue weighted by Crippen LogP contribution is 2.44. The second kappa shape index (κ2) is 10.0. The average Bonchev–Trinajstić information content (AvgIpc) is 3.35. The molecular formula is C25H25N3O5S. The van der Waals surface area contributed by atoms with Gasteiger partial charge >= 0.3 is 12.1 Å². The molecule has 0 radical (unpaired) electrons. The van der Waals surface area contributed by atoms with Crippen LogP contribution in [0.4, 0.5) is 4.79 Å². The van der Waals surface area contributed by atoms with E-state index in [1.165, 1.54) is 29.4 Å². The molecule has 3 N–H and O–H groups in total. The quantitative estimate of drug-likeness (QED) is 0.453. The van der Waals surface area contributed by atoms with Crippen molar-refractivity contribution in [1.82, 2.24) is 15.6 Å². The minimum Gasteiger partial charge on any atom is -0.480 e. The fourth-order valence-electron chi connectivity index (χ4n) is 4.02. The molecule has 176 valence electrons. The van der Waals surface area contributed by atoms with Gasteiger partial charge < -0.3 is 20.5 Å². The number of thiazole rings is 1. The number of carboxylic acids is 1. The second-order valence-corrected chi connectivity index (χ2v) is 9.34. The third-order valence-electron chi connectivity index (χ3n) is 5.73. The molecule has 1 unspecified atom stereocenters. The highest BCUT2D eigenvalue weighted by Gasteiger charge is 2.29. The van der Waals surface area contributed by atoms with Gasteiger partial charge in [-0.25, -0.2) is 9.78 Å². The topological polar surface area (TPSA) is 118 Å². The van der Waals surface area contributed by atoms with E-state index in [1.54, 1.807) is 6.92 Å². The highest BCUT2D eigenvalue weighted by atomic mass is 32.1. The van der Waals surface area contributed by atoms with Crippen LogP contribution in [0.15, 0.2) is 48.5 Å². The molecule has 1 aliphatic rings. The van der Waals surface area contributed by atoms with Gasteiger partial charge in [-0.1, -0.05) is 48.5 Å². The molecule has 0 spiro atoms. The molecule has 1 atom stereocenters. The summed E-state index contributed by atoms with van der Waals surface area (Å²) in [4.78, 5) is 40.5. The summed E-state index contributed by atoms with van der Waals surface area (Å²) in [6.07, 6.45) is -0.0827. The predicted octanol–water partition coefficient (Wildman–Crippen LogP) is 3.74. The molecular weight excluding hydrogens is 454 g/mol. The number of alkyl carbamates (subject to hydrolysis) is 1. The third kappa shape index (κ3) is 4.94. The minimum absolute atomic E-state index is 0.00553. The SMILES string of the molecule is Cc1sc(CCNC(=O)OCC2c3ccccc3-c3ccccc32)nc1C(=O)NC(C)C(=O)O. The molecule has 0 fully saturated rings. The first kappa shape index (κ1) is 23.4. The first-order chi connectivity index (χ1) is 16.3. The summed E-state index contributed by atoms with van der Waals surface area (Å²) < 4.78 is 5.52. The van der Waals surface area contributed by atoms with E-state index in [2.05, 4.69) is 39.9 Å². The Hall–Kier alpha value is -3.72. The molecule has 8 nitrogen and oxygen atoms in total. The van der Waals surface area contributed by atoms with E-state index in [4.69, 9.17) is 9.84 Å². The Bertz CT molecular complexity index is 1190. The molecule has 0 saturated heterocycles. The summed E-state index contributed by atoms with van der Waals surface area (Å²) in [5, 5.41) is 14.7. The van der Waals surface area contributed by atoms with Crippen LogP contribution in [0.2, 0.25) is 0 Å². The van der Waals surface area contributed by atoms with Crippen LogP contribution in [0.1, 0.15) is 44.3 Å². The smallest absolute Gasteiger partial charge is 0.407 e. The Morgan fingerprint density at radius 1 is 1.09 bits per heavy atom. The van der Waals surface area contributed by atoms with Crippen LogP contribution >= 0.6 is 11.3 Å². The highest BCUT2D eigenvalue weighted by molar-refractivity contribution is 7.11. The Balaban J connectivity index is 1.29. The Morgan fingerprint density at radius 2 is 1.71 bits per heavy atom. The lowest BCUT2D eigenvalue weighted by Crippen LogP contribution is -2.38. The van der Waals surface area contributed by atoms with Gasteiger partial charge in [0.1, 0.15) is 18.3 Å². The van der Waals surface area contributed by atoms with Crippen molar-refractivity contribution in [2.45, 2.75) is 32.2 Å². The van der Waals surface area contributed by atoms with Crippen LogP contribution in [0.5, 0.6) is 0 Å². The van der Waals surface area contributed by atoms with Crippen LogP contribution in [0.3, 0.4) is 0 Å². The van der Waals surface area contributed by atoms with E-state index < -0.39 is 24.0 Å². The van der Waals surface area contributed by atoms with Gasteiger partial charge in [0.2, 0.25) is 0 Å². The van der Waals surface area contributed by atoms with Crippen LogP contribution in [0.25, 0.3) is 11.1 Å². The number of amides is 2. The molecule has 1 heterocycles. The van der Waals surface area contributed by atoms with Crippen molar-refractivity contribution in [3.8, 4) is 11.1 Å². The Morgan fingerprint density at radius 3 is 2.32 bits per heavy atom. The van der Waals surface area contributed by atoms with Crippen molar-refractivity contribution in [2.75, 3.05) is 13.2 Å². The Kier molecular flexibility index (Phi) is 6.93. The van der Waals surface area contributed by atoms with Gasteiger partial charge in [-0.05, 0) is 36.1 Å². The number of aliphatic carboxylic acids is 1. The van der Waals surface area contributed by atoms with Crippen molar-refractivity contribution >= 4 is 29.3 Å². The predicted molar refractivity (Wildman–Crippen MR) is 128 cm³/mol. The zero-order valence-corrected chi connectivity index (χ0v) is 19.6. The average molecular weight is 480 g/mol.